The van der Waals surface area contributed by atoms with Crippen LogP contribution in [0.1, 0.15) is 32.6 Å². The minimum atomic E-state index is 0.0188. The van der Waals surface area contributed by atoms with E-state index in [9.17, 15) is 4.79 Å². The van der Waals surface area contributed by atoms with Gasteiger partial charge in [0.15, 0.2) is 0 Å². The predicted molar refractivity (Wildman–Crippen MR) is 95.0 cm³/mol. The molecule has 1 N–H and O–H groups in total. The Morgan fingerprint density at radius 1 is 1.33 bits per heavy atom. The van der Waals surface area contributed by atoms with E-state index < -0.39 is 0 Å². The van der Waals surface area contributed by atoms with Crippen LogP contribution in [0.3, 0.4) is 0 Å². The Balaban J connectivity index is 1.50. The van der Waals surface area contributed by atoms with Crippen LogP contribution in [0.15, 0.2) is 33.9 Å². The Kier molecular flexibility index (Phi) is 5.79. The first-order chi connectivity index (χ1) is 11.6. The van der Waals surface area contributed by atoms with Gasteiger partial charge in [0.1, 0.15) is 0 Å². The van der Waals surface area contributed by atoms with Crippen molar-refractivity contribution in [3.8, 4) is 11.5 Å². The second-order valence-corrected chi connectivity index (χ2v) is 7.57. The number of nitrogens with one attached hydrogen (secondary N) is 1. The Bertz CT molecular complexity index is 689. The Morgan fingerprint density at radius 3 is 2.88 bits per heavy atom. The zero-order valence-corrected chi connectivity index (χ0v) is 15.1. The molecule has 1 aromatic carbocycles. The summed E-state index contributed by atoms with van der Waals surface area (Å²) in [5.41, 5.74) is 0.805. The third-order valence-electron chi connectivity index (χ3n) is 4.13. The largest absolute Gasteiger partial charge is 0.411 e. The van der Waals surface area contributed by atoms with E-state index in [4.69, 9.17) is 16.0 Å². The minimum Gasteiger partial charge on any atom is -0.411 e. The second kappa shape index (κ2) is 8.03. The van der Waals surface area contributed by atoms with Gasteiger partial charge in [-0.15, -0.1) is 10.2 Å². The average Bonchev–Trinajstić information content (AvgIpc) is 3.03. The smallest absolute Gasteiger partial charge is 0.277 e. The molecule has 5 nitrogen and oxygen atoms in total. The summed E-state index contributed by atoms with van der Waals surface area (Å²) in [6.45, 7) is 2.24. The summed E-state index contributed by atoms with van der Waals surface area (Å²) in [6, 6.07) is 7.48. The molecule has 1 heterocycles. The topological polar surface area (TPSA) is 68.0 Å². The zero-order chi connectivity index (χ0) is 16.9. The van der Waals surface area contributed by atoms with E-state index >= 15 is 0 Å². The van der Waals surface area contributed by atoms with Crippen molar-refractivity contribution in [3.05, 3.63) is 29.3 Å². The molecule has 0 saturated heterocycles. The van der Waals surface area contributed by atoms with Gasteiger partial charge in [-0.1, -0.05) is 43.1 Å². The second-order valence-electron chi connectivity index (χ2n) is 6.20. The molecule has 7 heteroatoms. The molecule has 1 aliphatic carbocycles. The number of thioether (sulfide) groups is 1. The summed E-state index contributed by atoms with van der Waals surface area (Å²) in [5.74, 6) is 1.42. The molecule has 1 aliphatic rings. The van der Waals surface area contributed by atoms with Gasteiger partial charge < -0.3 is 9.73 Å². The molecule has 24 heavy (non-hydrogen) atoms. The van der Waals surface area contributed by atoms with Crippen LogP contribution in [-0.4, -0.2) is 27.9 Å². The van der Waals surface area contributed by atoms with Crippen molar-refractivity contribution in [1.82, 2.24) is 15.5 Å². The quantitative estimate of drug-likeness (QED) is 0.805. The van der Waals surface area contributed by atoms with E-state index in [1.165, 1.54) is 24.6 Å². The molecule has 1 fully saturated rings. The highest BCUT2D eigenvalue weighted by Gasteiger charge is 2.20. The summed E-state index contributed by atoms with van der Waals surface area (Å²) >= 11 is 7.12. The maximum atomic E-state index is 12.1. The lowest BCUT2D eigenvalue weighted by Gasteiger charge is -2.27. The Morgan fingerprint density at radius 2 is 2.12 bits per heavy atom. The van der Waals surface area contributed by atoms with Crippen molar-refractivity contribution in [2.24, 2.45) is 5.92 Å². The number of benzene rings is 1. The summed E-state index contributed by atoms with van der Waals surface area (Å²) in [4.78, 5) is 12.1. The maximum absolute atomic E-state index is 12.1. The Hall–Kier alpha value is -1.53. The van der Waals surface area contributed by atoms with Crippen LogP contribution in [0, 0.1) is 5.92 Å². The van der Waals surface area contributed by atoms with E-state index in [-0.39, 0.29) is 11.7 Å². The van der Waals surface area contributed by atoms with Gasteiger partial charge in [0.05, 0.1) is 5.75 Å². The average molecular weight is 366 g/mol. The minimum absolute atomic E-state index is 0.0188. The summed E-state index contributed by atoms with van der Waals surface area (Å²) in [7, 11) is 0. The predicted octanol–water partition coefficient (Wildman–Crippen LogP) is 4.18. The standard InChI is InChI=1S/C17H20ClN3O2S/c1-11-3-2-4-14(9-11)19-15(22)10-24-17-21-20-16(23-17)12-5-7-13(18)8-6-12/h5-8,11,14H,2-4,9-10H2,1H3,(H,19,22). The van der Waals surface area contributed by atoms with Crippen molar-refractivity contribution >= 4 is 29.3 Å². The number of rotatable bonds is 5. The van der Waals surface area contributed by atoms with Gasteiger partial charge in [-0.05, 0) is 43.0 Å². The van der Waals surface area contributed by atoms with Gasteiger partial charge in [0, 0.05) is 16.6 Å². The van der Waals surface area contributed by atoms with E-state index in [2.05, 4.69) is 22.4 Å². The molecule has 3 rings (SSSR count). The first-order valence-corrected chi connectivity index (χ1v) is 9.48. The van der Waals surface area contributed by atoms with Gasteiger partial charge in [-0.2, -0.15) is 0 Å². The maximum Gasteiger partial charge on any atom is 0.277 e. The van der Waals surface area contributed by atoms with Crippen molar-refractivity contribution in [2.45, 2.75) is 43.9 Å². The number of halogens is 1. The fourth-order valence-corrected chi connectivity index (χ4v) is 3.64. The van der Waals surface area contributed by atoms with Crippen molar-refractivity contribution in [3.63, 3.8) is 0 Å². The summed E-state index contributed by atoms with van der Waals surface area (Å²) in [5, 5.41) is 12.1. The number of nitrogens with zero attached hydrogens (tertiary/aromatic N) is 2. The molecule has 0 aliphatic heterocycles. The van der Waals surface area contributed by atoms with Crippen molar-refractivity contribution in [2.75, 3.05) is 5.75 Å². The van der Waals surface area contributed by atoms with Crippen LogP contribution in [0.4, 0.5) is 0 Å². The van der Waals surface area contributed by atoms with Gasteiger partial charge in [-0.25, -0.2) is 0 Å². The van der Waals surface area contributed by atoms with E-state index in [0.29, 0.717) is 28.1 Å². The molecule has 0 spiro atoms. The van der Waals surface area contributed by atoms with E-state index in [1.807, 2.05) is 12.1 Å². The zero-order valence-electron chi connectivity index (χ0n) is 13.5. The molecular formula is C17H20ClN3O2S. The van der Waals surface area contributed by atoms with Gasteiger partial charge >= 0.3 is 0 Å². The number of aromatic nitrogens is 2. The van der Waals surface area contributed by atoms with E-state index in [0.717, 1.165) is 18.4 Å². The highest BCUT2D eigenvalue weighted by atomic mass is 35.5. The molecule has 1 amide bonds. The fourth-order valence-electron chi connectivity index (χ4n) is 2.94. The van der Waals surface area contributed by atoms with Crippen LogP contribution >= 0.6 is 23.4 Å². The third kappa shape index (κ3) is 4.74. The first-order valence-electron chi connectivity index (χ1n) is 8.12. The van der Waals surface area contributed by atoms with Crippen LogP contribution in [0.2, 0.25) is 5.02 Å². The van der Waals surface area contributed by atoms with Crippen LogP contribution < -0.4 is 5.32 Å². The monoisotopic (exact) mass is 365 g/mol. The number of carbonyl (C=O) groups is 1. The lowest BCUT2D eigenvalue weighted by molar-refractivity contribution is -0.119. The van der Waals surface area contributed by atoms with E-state index in [1.54, 1.807) is 12.1 Å². The Labute approximate surface area is 150 Å². The lowest BCUT2D eigenvalue weighted by atomic mass is 9.87. The fraction of sp³-hybridized carbons (Fsp3) is 0.471. The number of carbonyl (C=O) groups excluding carboxylic acids is 1. The summed E-state index contributed by atoms with van der Waals surface area (Å²) in [6.07, 6.45) is 4.59. The lowest BCUT2D eigenvalue weighted by Crippen LogP contribution is -2.38. The SMILES string of the molecule is CC1CCCC(NC(=O)CSc2nnc(-c3ccc(Cl)cc3)o2)C1. The first kappa shape index (κ1) is 17.3. The van der Waals surface area contributed by atoms with Crippen molar-refractivity contribution in [1.29, 1.82) is 0 Å². The molecule has 0 bridgehead atoms. The van der Waals surface area contributed by atoms with Crippen LogP contribution in [-0.2, 0) is 4.79 Å². The number of amides is 1. The highest BCUT2D eigenvalue weighted by Crippen LogP contribution is 2.25. The van der Waals surface area contributed by atoms with Gasteiger partial charge in [0.2, 0.25) is 11.8 Å². The molecule has 1 saturated carbocycles. The van der Waals surface area contributed by atoms with Crippen LogP contribution in [0.5, 0.6) is 0 Å². The number of hydrogen-bond acceptors (Lipinski definition) is 5. The third-order valence-corrected chi connectivity index (χ3v) is 5.20. The molecule has 128 valence electrons. The highest BCUT2D eigenvalue weighted by molar-refractivity contribution is 7.99. The molecule has 0 radical (unpaired) electrons. The van der Waals surface area contributed by atoms with Crippen LogP contribution in [0.25, 0.3) is 11.5 Å². The van der Waals surface area contributed by atoms with Crippen molar-refractivity contribution < 1.29 is 9.21 Å². The molecule has 2 aromatic rings. The molecule has 2 atom stereocenters. The molecule has 1 aromatic heterocycles. The summed E-state index contributed by atoms with van der Waals surface area (Å²) < 4.78 is 5.58. The number of hydrogen-bond donors (Lipinski definition) is 1. The molecule has 2 unspecified atom stereocenters. The van der Waals surface area contributed by atoms with Gasteiger partial charge in [0.25, 0.3) is 5.22 Å². The molecular weight excluding hydrogens is 346 g/mol. The van der Waals surface area contributed by atoms with Gasteiger partial charge in [-0.3, -0.25) is 4.79 Å². The normalized spacial score (nSPS) is 20.8.